The second-order valence-electron chi connectivity index (χ2n) is 7.15. The number of carbonyl (C=O) groups excluding carboxylic acids is 2. The van der Waals surface area contributed by atoms with Gasteiger partial charge in [-0.05, 0) is 29.7 Å². The summed E-state index contributed by atoms with van der Waals surface area (Å²) in [6.07, 6.45) is 0.617. The topological polar surface area (TPSA) is 57.6 Å². The molecule has 3 aromatic rings. The molecule has 0 radical (unpaired) electrons. The number of nitrogens with zero attached hydrogens (tertiary/aromatic N) is 1. The van der Waals surface area contributed by atoms with Crippen LogP contribution >= 0.6 is 15.9 Å². The summed E-state index contributed by atoms with van der Waals surface area (Å²) >= 11 is 3.43. The number of Topliss-reactive ketones (excluding diaryl/α,β-unsaturated/α-hetero) is 1. The van der Waals surface area contributed by atoms with Crippen molar-refractivity contribution in [3.8, 4) is 0 Å². The molecule has 1 saturated heterocycles. The van der Waals surface area contributed by atoms with Gasteiger partial charge in [0.25, 0.3) is 11.7 Å². The van der Waals surface area contributed by atoms with Gasteiger partial charge in [-0.15, -0.1) is 0 Å². The molecule has 1 fully saturated rings. The molecule has 30 heavy (non-hydrogen) atoms. The highest BCUT2D eigenvalue weighted by atomic mass is 79.9. The molecule has 0 aliphatic carbocycles. The van der Waals surface area contributed by atoms with Crippen LogP contribution < -0.4 is 0 Å². The standard InChI is InChI=1S/C25H20BrNO3/c26-20-13-11-18(12-14-20)22-21(23(28)19-9-5-2-6-10-19)24(29)25(30)27(22)16-15-17-7-3-1-4-8-17/h1-14,22,28H,15-16H2. The van der Waals surface area contributed by atoms with Gasteiger partial charge in [0.15, 0.2) is 0 Å². The number of likely N-dealkylation sites (tertiary alicyclic amines) is 1. The predicted octanol–water partition coefficient (Wildman–Crippen LogP) is 5.11. The first kappa shape index (κ1) is 20.1. The van der Waals surface area contributed by atoms with Gasteiger partial charge in [0.2, 0.25) is 0 Å². The van der Waals surface area contributed by atoms with Gasteiger partial charge >= 0.3 is 0 Å². The molecule has 0 aromatic heterocycles. The molecule has 1 aliphatic heterocycles. The van der Waals surface area contributed by atoms with E-state index in [2.05, 4.69) is 15.9 Å². The summed E-state index contributed by atoms with van der Waals surface area (Å²) < 4.78 is 0.899. The summed E-state index contributed by atoms with van der Waals surface area (Å²) in [5, 5.41) is 11.0. The molecule has 0 spiro atoms. The van der Waals surface area contributed by atoms with Crippen molar-refractivity contribution in [1.29, 1.82) is 0 Å². The summed E-state index contributed by atoms with van der Waals surface area (Å²) in [6.45, 7) is 0.376. The number of aliphatic hydroxyl groups is 1. The van der Waals surface area contributed by atoms with Gasteiger partial charge in [0, 0.05) is 16.6 Å². The molecule has 1 aliphatic rings. The normalized spacial score (nSPS) is 18.0. The molecule has 0 bridgehead atoms. The molecule has 150 valence electrons. The average Bonchev–Trinajstić information content (AvgIpc) is 3.04. The highest BCUT2D eigenvalue weighted by molar-refractivity contribution is 9.10. The Morgan fingerprint density at radius 1 is 0.867 bits per heavy atom. The van der Waals surface area contributed by atoms with E-state index in [0.717, 1.165) is 15.6 Å². The van der Waals surface area contributed by atoms with Crippen LogP contribution in [0, 0.1) is 0 Å². The minimum absolute atomic E-state index is 0.126. The molecular formula is C25H20BrNO3. The van der Waals surface area contributed by atoms with Gasteiger partial charge in [-0.3, -0.25) is 9.59 Å². The number of halogens is 1. The van der Waals surface area contributed by atoms with E-state index in [-0.39, 0.29) is 11.3 Å². The fourth-order valence-electron chi connectivity index (χ4n) is 3.75. The van der Waals surface area contributed by atoms with Gasteiger partial charge in [-0.2, -0.15) is 0 Å². The predicted molar refractivity (Wildman–Crippen MR) is 120 cm³/mol. The third-order valence-corrected chi connectivity index (χ3v) is 5.79. The first-order valence-electron chi connectivity index (χ1n) is 9.69. The number of hydrogen-bond donors (Lipinski definition) is 1. The number of carbonyl (C=O) groups is 2. The third kappa shape index (κ3) is 3.94. The van der Waals surface area contributed by atoms with E-state index >= 15 is 0 Å². The molecule has 1 N–H and O–H groups in total. The van der Waals surface area contributed by atoms with Crippen molar-refractivity contribution in [2.45, 2.75) is 12.5 Å². The van der Waals surface area contributed by atoms with E-state index < -0.39 is 17.7 Å². The number of benzene rings is 3. The third-order valence-electron chi connectivity index (χ3n) is 5.26. The van der Waals surface area contributed by atoms with Crippen LogP contribution in [0.1, 0.15) is 22.7 Å². The monoisotopic (exact) mass is 461 g/mol. The van der Waals surface area contributed by atoms with E-state index in [9.17, 15) is 14.7 Å². The Balaban J connectivity index is 1.78. The molecule has 1 unspecified atom stereocenters. The van der Waals surface area contributed by atoms with Gasteiger partial charge in [0.05, 0.1) is 11.6 Å². The lowest BCUT2D eigenvalue weighted by Crippen LogP contribution is -2.31. The Labute approximate surface area is 183 Å². The quantitative estimate of drug-likeness (QED) is 0.326. The van der Waals surface area contributed by atoms with Crippen molar-refractivity contribution in [1.82, 2.24) is 4.90 Å². The van der Waals surface area contributed by atoms with Crippen molar-refractivity contribution in [3.63, 3.8) is 0 Å². The lowest BCUT2D eigenvalue weighted by Gasteiger charge is -2.25. The number of rotatable bonds is 5. The van der Waals surface area contributed by atoms with E-state index in [1.807, 2.05) is 60.7 Å². The van der Waals surface area contributed by atoms with Crippen LogP contribution in [0.5, 0.6) is 0 Å². The average molecular weight is 462 g/mol. The van der Waals surface area contributed by atoms with E-state index in [0.29, 0.717) is 18.5 Å². The van der Waals surface area contributed by atoms with Crippen LogP contribution in [0.4, 0.5) is 0 Å². The Kier molecular flexibility index (Phi) is 5.81. The van der Waals surface area contributed by atoms with Gasteiger partial charge < -0.3 is 10.0 Å². The van der Waals surface area contributed by atoms with Crippen molar-refractivity contribution in [2.24, 2.45) is 0 Å². The molecule has 4 nitrogen and oxygen atoms in total. The Morgan fingerprint density at radius 2 is 1.47 bits per heavy atom. The minimum atomic E-state index is -0.655. The molecule has 1 amide bonds. The zero-order valence-corrected chi connectivity index (χ0v) is 17.7. The van der Waals surface area contributed by atoms with Crippen molar-refractivity contribution in [2.75, 3.05) is 6.54 Å². The zero-order chi connectivity index (χ0) is 21.1. The van der Waals surface area contributed by atoms with Crippen molar-refractivity contribution >= 4 is 33.4 Å². The van der Waals surface area contributed by atoms with Gasteiger partial charge in [0.1, 0.15) is 5.76 Å². The first-order valence-corrected chi connectivity index (χ1v) is 10.5. The summed E-state index contributed by atoms with van der Waals surface area (Å²) in [5.41, 5.74) is 2.50. The maximum Gasteiger partial charge on any atom is 0.295 e. The summed E-state index contributed by atoms with van der Waals surface area (Å²) in [5.74, 6) is -1.39. The number of aliphatic hydroxyl groups excluding tert-OH is 1. The first-order chi connectivity index (χ1) is 14.6. The van der Waals surface area contributed by atoms with Crippen LogP contribution in [0.15, 0.2) is 95.0 Å². The largest absolute Gasteiger partial charge is 0.507 e. The fourth-order valence-corrected chi connectivity index (χ4v) is 4.01. The van der Waals surface area contributed by atoms with Crippen LogP contribution in [0.25, 0.3) is 5.76 Å². The summed E-state index contributed by atoms with van der Waals surface area (Å²) in [4.78, 5) is 27.5. The molecular weight excluding hydrogens is 442 g/mol. The van der Waals surface area contributed by atoms with Crippen LogP contribution in [0.3, 0.4) is 0 Å². The number of ketones is 1. The molecule has 3 aromatic carbocycles. The van der Waals surface area contributed by atoms with Gasteiger partial charge in [-0.25, -0.2) is 0 Å². The summed E-state index contributed by atoms with van der Waals surface area (Å²) in [6, 6.07) is 25.5. The lowest BCUT2D eigenvalue weighted by molar-refractivity contribution is -0.139. The molecule has 1 heterocycles. The molecule has 0 saturated carbocycles. The van der Waals surface area contributed by atoms with E-state index in [1.165, 1.54) is 0 Å². The van der Waals surface area contributed by atoms with E-state index in [4.69, 9.17) is 0 Å². The Bertz CT molecular complexity index is 1090. The smallest absolute Gasteiger partial charge is 0.295 e. The lowest BCUT2D eigenvalue weighted by atomic mass is 9.95. The zero-order valence-electron chi connectivity index (χ0n) is 16.2. The second kappa shape index (κ2) is 8.67. The van der Waals surface area contributed by atoms with Crippen LogP contribution in [-0.2, 0) is 16.0 Å². The van der Waals surface area contributed by atoms with Crippen LogP contribution in [-0.4, -0.2) is 28.2 Å². The van der Waals surface area contributed by atoms with E-state index in [1.54, 1.807) is 29.2 Å². The molecule has 5 heteroatoms. The van der Waals surface area contributed by atoms with Crippen molar-refractivity contribution in [3.05, 3.63) is 112 Å². The number of amides is 1. The molecule has 1 atom stereocenters. The van der Waals surface area contributed by atoms with Gasteiger partial charge in [-0.1, -0.05) is 88.7 Å². The maximum absolute atomic E-state index is 13.0. The Hall–Kier alpha value is -3.18. The second-order valence-corrected chi connectivity index (χ2v) is 8.06. The highest BCUT2D eigenvalue weighted by Crippen LogP contribution is 2.39. The minimum Gasteiger partial charge on any atom is -0.507 e. The molecule has 4 rings (SSSR count). The summed E-state index contributed by atoms with van der Waals surface area (Å²) in [7, 11) is 0. The SMILES string of the molecule is O=C1C(=O)N(CCc2ccccc2)C(c2ccc(Br)cc2)C1=C(O)c1ccccc1. The Morgan fingerprint density at radius 3 is 2.10 bits per heavy atom. The highest BCUT2D eigenvalue weighted by Gasteiger charge is 2.45. The van der Waals surface area contributed by atoms with Crippen molar-refractivity contribution < 1.29 is 14.7 Å². The maximum atomic E-state index is 13.0. The fraction of sp³-hybridized carbons (Fsp3) is 0.120. The number of hydrogen-bond acceptors (Lipinski definition) is 3. The van der Waals surface area contributed by atoms with Crippen LogP contribution in [0.2, 0.25) is 0 Å².